The normalized spacial score (nSPS) is 13.1. The molecule has 8 heteroatoms. The lowest BCUT2D eigenvalue weighted by atomic mass is 10.1. The molecule has 5 nitrogen and oxygen atoms in total. The zero-order valence-corrected chi connectivity index (χ0v) is 7.18. The first-order valence-corrected chi connectivity index (χ1v) is 3.54. The molecule has 0 radical (unpaired) electrons. The van der Waals surface area contributed by atoms with Crippen molar-refractivity contribution < 1.29 is 27.9 Å². The zero-order valence-electron chi connectivity index (χ0n) is 7.18. The van der Waals surface area contributed by atoms with Gasteiger partial charge in [-0.3, -0.25) is 4.79 Å². The van der Waals surface area contributed by atoms with Crippen LogP contribution in [0.1, 0.15) is 0 Å². The third kappa shape index (κ3) is 3.97. The van der Waals surface area contributed by atoms with Gasteiger partial charge in [-0.05, 0) is 0 Å². The fraction of sp³-hybridized carbons (Fsp3) is 0.667. The van der Waals surface area contributed by atoms with E-state index >= 15 is 0 Å². The van der Waals surface area contributed by atoms with Crippen LogP contribution >= 0.6 is 0 Å². The van der Waals surface area contributed by atoms with Gasteiger partial charge in [0, 0.05) is 13.6 Å². The molecule has 2 amide bonds. The quantitative estimate of drug-likeness (QED) is 0.627. The first-order valence-electron chi connectivity index (χ1n) is 3.54. The van der Waals surface area contributed by atoms with E-state index in [0.717, 1.165) is 0 Å². The Kier molecular flexibility index (Phi) is 4.19. The number of amides is 2. The Morgan fingerprint density at radius 2 is 1.93 bits per heavy atom. The van der Waals surface area contributed by atoms with Gasteiger partial charge < -0.3 is 15.7 Å². The molecule has 14 heavy (non-hydrogen) atoms. The molecule has 0 bridgehead atoms. The first-order chi connectivity index (χ1) is 6.29. The number of carboxylic acids is 1. The van der Waals surface area contributed by atoms with Crippen molar-refractivity contribution in [1.82, 2.24) is 10.6 Å². The topological polar surface area (TPSA) is 78.4 Å². The molecule has 0 aliphatic rings. The van der Waals surface area contributed by atoms with Crippen molar-refractivity contribution in [2.24, 2.45) is 5.92 Å². The number of hydrogen-bond acceptors (Lipinski definition) is 2. The van der Waals surface area contributed by atoms with Crippen molar-refractivity contribution in [1.29, 1.82) is 0 Å². The summed E-state index contributed by atoms with van der Waals surface area (Å²) in [6, 6.07) is -0.861. The van der Waals surface area contributed by atoms with Crippen LogP contribution in [0.15, 0.2) is 0 Å². The summed E-state index contributed by atoms with van der Waals surface area (Å²) in [6.45, 7) is -0.988. The van der Waals surface area contributed by atoms with Gasteiger partial charge in [-0.25, -0.2) is 4.79 Å². The summed E-state index contributed by atoms with van der Waals surface area (Å²) in [5.74, 6) is -4.60. The van der Waals surface area contributed by atoms with Crippen LogP contribution in [0.3, 0.4) is 0 Å². The predicted molar refractivity (Wildman–Crippen MR) is 39.6 cm³/mol. The van der Waals surface area contributed by atoms with Crippen molar-refractivity contribution in [3.63, 3.8) is 0 Å². The largest absolute Gasteiger partial charge is 0.481 e. The highest BCUT2D eigenvalue weighted by Crippen LogP contribution is 2.25. The Hall–Kier alpha value is -1.47. The second kappa shape index (κ2) is 4.68. The highest BCUT2D eigenvalue weighted by molar-refractivity contribution is 5.75. The van der Waals surface area contributed by atoms with Crippen LogP contribution in [0.5, 0.6) is 0 Å². The number of urea groups is 1. The van der Waals surface area contributed by atoms with Crippen molar-refractivity contribution >= 4 is 12.0 Å². The molecule has 3 N–H and O–H groups in total. The van der Waals surface area contributed by atoms with Crippen LogP contribution in [0.4, 0.5) is 18.0 Å². The van der Waals surface area contributed by atoms with Gasteiger partial charge in [-0.2, -0.15) is 13.2 Å². The van der Waals surface area contributed by atoms with Crippen LogP contribution in [-0.2, 0) is 4.79 Å². The van der Waals surface area contributed by atoms with Crippen LogP contribution in [-0.4, -0.2) is 36.9 Å². The number of halogens is 3. The number of nitrogens with one attached hydrogen (secondary N) is 2. The van der Waals surface area contributed by atoms with Gasteiger partial charge in [-0.1, -0.05) is 0 Å². The molecule has 0 aromatic heterocycles. The minimum atomic E-state index is -4.87. The van der Waals surface area contributed by atoms with E-state index in [4.69, 9.17) is 5.11 Å². The summed E-state index contributed by atoms with van der Waals surface area (Å²) in [5, 5.41) is 12.0. The molecule has 1 unspecified atom stereocenters. The van der Waals surface area contributed by atoms with Crippen LogP contribution in [0.25, 0.3) is 0 Å². The molecule has 0 saturated carbocycles. The highest BCUT2D eigenvalue weighted by Gasteiger charge is 2.45. The SMILES string of the molecule is CNC(=O)NCC(C(=O)O)C(F)(F)F. The van der Waals surface area contributed by atoms with Gasteiger partial charge in [-0.15, -0.1) is 0 Å². The molecule has 0 saturated heterocycles. The van der Waals surface area contributed by atoms with Gasteiger partial charge in [0.15, 0.2) is 5.92 Å². The summed E-state index contributed by atoms with van der Waals surface area (Å²) >= 11 is 0. The van der Waals surface area contributed by atoms with E-state index in [0.29, 0.717) is 0 Å². The maximum absolute atomic E-state index is 12.0. The minimum absolute atomic E-state index is 0.861. The minimum Gasteiger partial charge on any atom is -0.481 e. The summed E-state index contributed by atoms with van der Waals surface area (Å²) in [7, 11) is 1.21. The average Bonchev–Trinajstić information content (AvgIpc) is 2.01. The van der Waals surface area contributed by atoms with Crippen molar-refractivity contribution in [3.8, 4) is 0 Å². The zero-order chi connectivity index (χ0) is 11.4. The highest BCUT2D eigenvalue weighted by atomic mass is 19.4. The molecule has 0 spiro atoms. The molecule has 0 aromatic rings. The van der Waals surface area contributed by atoms with E-state index in [1.54, 1.807) is 5.32 Å². The van der Waals surface area contributed by atoms with Crippen LogP contribution < -0.4 is 10.6 Å². The summed E-state index contributed by atoms with van der Waals surface area (Å²) < 4.78 is 35.9. The molecule has 82 valence electrons. The van der Waals surface area contributed by atoms with E-state index in [-0.39, 0.29) is 0 Å². The molecule has 0 aliphatic heterocycles. The number of carbonyl (C=O) groups is 2. The number of carbonyl (C=O) groups excluding carboxylic acids is 1. The summed E-state index contributed by atoms with van der Waals surface area (Å²) in [6.07, 6.45) is -4.87. The number of carboxylic acid groups (broad SMARTS) is 1. The molecule has 0 rings (SSSR count). The van der Waals surface area contributed by atoms with E-state index in [1.165, 1.54) is 7.05 Å². The second-order valence-electron chi connectivity index (χ2n) is 2.39. The standard InChI is InChI=1S/C6H9F3N2O3/c1-10-5(14)11-2-3(4(12)13)6(7,8)9/h3H,2H2,1H3,(H,12,13)(H2,10,11,14). The van der Waals surface area contributed by atoms with E-state index in [1.807, 2.05) is 5.32 Å². The Bertz CT molecular complexity index is 229. The average molecular weight is 214 g/mol. The fourth-order valence-electron chi connectivity index (χ4n) is 0.626. The monoisotopic (exact) mass is 214 g/mol. The lowest BCUT2D eigenvalue weighted by Gasteiger charge is -2.16. The molecule has 0 aliphatic carbocycles. The maximum Gasteiger partial charge on any atom is 0.403 e. The Morgan fingerprint density at radius 1 is 1.43 bits per heavy atom. The molecule has 0 fully saturated rings. The lowest BCUT2D eigenvalue weighted by molar-refractivity contribution is -0.191. The summed E-state index contributed by atoms with van der Waals surface area (Å²) in [4.78, 5) is 20.6. The third-order valence-corrected chi connectivity index (χ3v) is 1.39. The van der Waals surface area contributed by atoms with Gasteiger partial charge in [0.25, 0.3) is 0 Å². The van der Waals surface area contributed by atoms with Crippen molar-refractivity contribution in [2.45, 2.75) is 6.18 Å². The Balaban J connectivity index is 4.26. The van der Waals surface area contributed by atoms with Gasteiger partial charge in [0.2, 0.25) is 0 Å². The first kappa shape index (κ1) is 12.5. The summed E-state index contributed by atoms with van der Waals surface area (Å²) in [5.41, 5.74) is 0. The Morgan fingerprint density at radius 3 is 2.21 bits per heavy atom. The lowest BCUT2D eigenvalue weighted by Crippen LogP contribution is -2.43. The number of aliphatic carboxylic acids is 1. The molecule has 0 aromatic carbocycles. The second-order valence-corrected chi connectivity index (χ2v) is 2.39. The smallest absolute Gasteiger partial charge is 0.403 e. The molecular formula is C6H9F3N2O3. The van der Waals surface area contributed by atoms with Crippen molar-refractivity contribution in [3.05, 3.63) is 0 Å². The van der Waals surface area contributed by atoms with Crippen LogP contribution in [0, 0.1) is 5.92 Å². The number of rotatable bonds is 3. The third-order valence-electron chi connectivity index (χ3n) is 1.39. The van der Waals surface area contributed by atoms with E-state index < -0.39 is 30.6 Å². The maximum atomic E-state index is 12.0. The Labute approximate surface area is 77.3 Å². The van der Waals surface area contributed by atoms with E-state index in [9.17, 15) is 22.8 Å². The van der Waals surface area contributed by atoms with E-state index in [2.05, 4.69) is 0 Å². The molecule has 0 heterocycles. The number of hydrogen-bond donors (Lipinski definition) is 3. The van der Waals surface area contributed by atoms with Gasteiger partial charge in [0.1, 0.15) is 0 Å². The molecule has 1 atom stereocenters. The van der Waals surface area contributed by atoms with Crippen LogP contribution in [0.2, 0.25) is 0 Å². The predicted octanol–water partition coefficient (Wildman–Crippen LogP) is 0.179. The van der Waals surface area contributed by atoms with Gasteiger partial charge >= 0.3 is 18.2 Å². The van der Waals surface area contributed by atoms with Crippen molar-refractivity contribution in [2.75, 3.05) is 13.6 Å². The fourth-order valence-corrected chi connectivity index (χ4v) is 0.626. The molecular weight excluding hydrogens is 205 g/mol. The van der Waals surface area contributed by atoms with Gasteiger partial charge in [0.05, 0.1) is 0 Å². The number of alkyl halides is 3.